The van der Waals surface area contributed by atoms with Crippen molar-refractivity contribution in [2.75, 3.05) is 24.6 Å². The second-order valence-electron chi connectivity index (χ2n) is 6.04. The second-order valence-corrected chi connectivity index (χ2v) is 6.04. The average molecular weight is 288 g/mol. The van der Waals surface area contributed by atoms with Crippen molar-refractivity contribution in [3.8, 4) is 0 Å². The third kappa shape index (κ3) is 2.50. The highest BCUT2D eigenvalue weighted by Crippen LogP contribution is 2.26. The molecule has 1 saturated heterocycles. The molecule has 0 saturated carbocycles. The van der Waals surface area contributed by atoms with E-state index in [2.05, 4.69) is 29.9 Å². The molecule has 3 rings (SSSR count). The van der Waals surface area contributed by atoms with Crippen molar-refractivity contribution in [2.45, 2.75) is 40.0 Å². The molecule has 0 amide bonds. The van der Waals surface area contributed by atoms with E-state index in [1.807, 2.05) is 11.4 Å². The van der Waals surface area contributed by atoms with Crippen molar-refractivity contribution in [1.82, 2.24) is 14.6 Å². The molecular weight excluding hydrogens is 264 g/mol. The zero-order chi connectivity index (χ0) is 15.0. The highest BCUT2D eigenvalue weighted by molar-refractivity contribution is 5.57. The monoisotopic (exact) mass is 288 g/mol. The lowest BCUT2D eigenvalue weighted by molar-refractivity contribution is 0.208. The van der Waals surface area contributed by atoms with Crippen LogP contribution in [0, 0.1) is 19.8 Å². The summed E-state index contributed by atoms with van der Waals surface area (Å²) < 4.78 is 1.98. The Morgan fingerprint density at radius 3 is 2.90 bits per heavy atom. The van der Waals surface area contributed by atoms with Crippen LogP contribution in [-0.4, -0.2) is 39.4 Å². The van der Waals surface area contributed by atoms with Crippen molar-refractivity contribution in [3.63, 3.8) is 0 Å². The van der Waals surface area contributed by atoms with Gasteiger partial charge in [0, 0.05) is 37.0 Å². The van der Waals surface area contributed by atoms with Crippen LogP contribution in [0.2, 0.25) is 0 Å². The van der Waals surface area contributed by atoms with Gasteiger partial charge >= 0.3 is 0 Å². The topological polar surface area (TPSA) is 53.7 Å². The highest BCUT2D eigenvalue weighted by atomic mass is 16.3. The van der Waals surface area contributed by atoms with Crippen molar-refractivity contribution in [3.05, 3.63) is 23.0 Å². The molecule has 1 N–H and O–H groups in total. The molecule has 0 radical (unpaired) electrons. The van der Waals surface area contributed by atoms with E-state index in [0.717, 1.165) is 60.8 Å². The third-order valence-electron chi connectivity index (χ3n) is 4.55. The lowest BCUT2D eigenvalue weighted by Gasteiger charge is -2.33. The summed E-state index contributed by atoms with van der Waals surface area (Å²) in [5, 5.41) is 14.1. The van der Waals surface area contributed by atoms with E-state index in [0.29, 0.717) is 5.92 Å². The number of rotatable bonds is 3. The molecule has 5 nitrogen and oxygen atoms in total. The minimum atomic E-state index is 0.266. The minimum absolute atomic E-state index is 0.266. The number of aryl methyl sites for hydroxylation is 3. The van der Waals surface area contributed by atoms with E-state index in [9.17, 15) is 5.11 Å². The Bertz CT molecular complexity index is 649. The number of nitrogens with zero attached hydrogens (tertiary/aromatic N) is 4. The van der Waals surface area contributed by atoms with Crippen molar-refractivity contribution in [1.29, 1.82) is 0 Å². The van der Waals surface area contributed by atoms with Crippen LogP contribution in [-0.2, 0) is 6.42 Å². The van der Waals surface area contributed by atoms with E-state index < -0.39 is 0 Å². The fourth-order valence-corrected chi connectivity index (χ4v) is 3.09. The van der Waals surface area contributed by atoms with Gasteiger partial charge in [0.05, 0.1) is 5.69 Å². The average Bonchev–Trinajstić information content (AvgIpc) is 2.81. The number of piperidine rings is 1. The Balaban J connectivity index is 2.09. The van der Waals surface area contributed by atoms with Gasteiger partial charge < -0.3 is 10.0 Å². The van der Waals surface area contributed by atoms with Crippen molar-refractivity contribution >= 4 is 11.5 Å². The van der Waals surface area contributed by atoms with Gasteiger partial charge in [0.15, 0.2) is 5.65 Å². The van der Waals surface area contributed by atoms with Crippen LogP contribution in [0.4, 0.5) is 5.82 Å². The fraction of sp³-hybridized carbons (Fsp3) is 0.625. The Labute approximate surface area is 125 Å². The highest BCUT2D eigenvalue weighted by Gasteiger charge is 2.23. The molecule has 1 aliphatic rings. The predicted molar refractivity (Wildman–Crippen MR) is 83.9 cm³/mol. The molecule has 1 fully saturated rings. The van der Waals surface area contributed by atoms with Crippen LogP contribution in [0.3, 0.4) is 0 Å². The summed E-state index contributed by atoms with van der Waals surface area (Å²) in [5.41, 5.74) is 4.26. The van der Waals surface area contributed by atoms with E-state index in [1.165, 1.54) is 0 Å². The SMILES string of the molecule is CCc1cc(N2CCCC(CO)C2)n2nc(C)c(C)c2n1. The molecule has 2 aromatic rings. The lowest BCUT2D eigenvalue weighted by Crippen LogP contribution is -2.38. The molecule has 3 heterocycles. The smallest absolute Gasteiger partial charge is 0.160 e. The number of hydrogen-bond donors (Lipinski definition) is 1. The zero-order valence-corrected chi connectivity index (χ0v) is 13.1. The number of aliphatic hydroxyl groups excluding tert-OH is 1. The van der Waals surface area contributed by atoms with Gasteiger partial charge in [-0.2, -0.15) is 9.61 Å². The predicted octanol–water partition coefficient (Wildman–Crippen LogP) is 2.12. The quantitative estimate of drug-likeness (QED) is 0.940. The van der Waals surface area contributed by atoms with Gasteiger partial charge in [-0.25, -0.2) is 4.98 Å². The summed E-state index contributed by atoms with van der Waals surface area (Å²) in [6, 6.07) is 2.15. The Kier molecular flexibility index (Phi) is 3.85. The summed E-state index contributed by atoms with van der Waals surface area (Å²) in [5.74, 6) is 1.48. The number of fused-ring (bicyclic) bond motifs is 1. The molecule has 114 valence electrons. The first-order valence-corrected chi connectivity index (χ1v) is 7.85. The van der Waals surface area contributed by atoms with Crippen molar-refractivity contribution < 1.29 is 5.11 Å². The number of aliphatic hydroxyl groups is 1. The Morgan fingerprint density at radius 1 is 1.38 bits per heavy atom. The summed E-state index contributed by atoms with van der Waals surface area (Å²) >= 11 is 0. The Hall–Kier alpha value is -1.62. The van der Waals surface area contributed by atoms with Gasteiger partial charge in [0.1, 0.15) is 5.82 Å². The molecule has 0 aromatic carbocycles. The number of anilines is 1. The molecule has 21 heavy (non-hydrogen) atoms. The van der Waals surface area contributed by atoms with Gasteiger partial charge in [-0.1, -0.05) is 6.92 Å². The summed E-state index contributed by atoms with van der Waals surface area (Å²) in [4.78, 5) is 7.08. The van der Waals surface area contributed by atoms with Crippen LogP contribution < -0.4 is 4.90 Å². The van der Waals surface area contributed by atoms with Gasteiger partial charge in [0.25, 0.3) is 0 Å². The maximum Gasteiger partial charge on any atom is 0.160 e. The fourth-order valence-electron chi connectivity index (χ4n) is 3.09. The number of aromatic nitrogens is 3. The largest absolute Gasteiger partial charge is 0.396 e. The molecule has 1 unspecified atom stereocenters. The molecule has 0 bridgehead atoms. The minimum Gasteiger partial charge on any atom is -0.396 e. The molecular formula is C16H24N4O. The van der Waals surface area contributed by atoms with Gasteiger partial charge in [-0.15, -0.1) is 0 Å². The van der Waals surface area contributed by atoms with E-state index in [-0.39, 0.29) is 6.61 Å². The summed E-state index contributed by atoms with van der Waals surface area (Å²) in [6.07, 6.45) is 3.15. The third-order valence-corrected chi connectivity index (χ3v) is 4.55. The first-order valence-electron chi connectivity index (χ1n) is 7.85. The standard InChI is InChI=1S/C16H24N4O/c1-4-14-8-15(19-7-5-6-13(9-19)10-21)20-16(17-14)11(2)12(3)18-20/h8,13,21H,4-7,9-10H2,1-3H3. The summed E-state index contributed by atoms with van der Waals surface area (Å²) in [7, 11) is 0. The lowest BCUT2D eigenvalue weighted by atomic mass is 9.99. The van der Waals surface area contributed by atoms with E-state index >= 15 is 0 Å². The van der Waals surface area contributed by atoms with E-state index in [4.69, 9.17) is 4.98 Å². The van der Waals surface area contributed by atoms with Gasteiger partial charge in [0.2, 0.25) is 0 Å². The maximum atomic E-state index is 9.46. The van der Waals surface area contributed by atoms with Crippen LogP contribution >= 0.6 is 0 Å². The van der Waals surface area contributed by atoms with Crippen molar-refractivity contribution in [2.24, 2.45) is 5.92 Å². The van der Waals surface area contributed by atoms with Crippen LogP contribution in [0.15, 0.2) is 6.07 Å². The molecule has 0 aliphatic carbocycles. The Morgan fingerprint density at radius 2 is 2.19 bits per heavy atom. The molecule has 0 spiro atoms. The van der Waals surface area contributed by atoms with E-state index in [1.54, 1.807) is 0 Å². The van der Waals surface area contributed by atoms with Crippen LogP contribution in [0.5, 0.6) is 0 Å². The molecule has 5 heteroatoms. The molecule has 1 atom stereocenters. The molecule has 2 aromatic heterocycles. The zero-order valence-electron chi connectivity index (χ0n) is 13.1. The first-order chi connectivity index (χ1) is 10.1. The normalized spacial score (nSPS) is 19.4. The second kappa shape index (κ2) is 5.64. The molecule has 1 aliphatic heterocycles. The first kappa shape index (κ1) is 14.3. The van der Waals surface area contributed by atoms with Crippen LogP contribution in [0.25, 0.3) is 5.65 Å². The van der Waals surface area contributed by atoms with Gasteiger partial charge in [-0.05, 0) is 39.0 Å². The maximum absolute atomic E-state index is 9.46. The number of hydrogen-bond acceptors (Lipinski definition) is 4. The van der Waals surface area contributed by atoms with Gasteiger partial charge in [-0.3, -0.25) is 0 Å². The summed E-state index contributed by atoms with van der Waals surface area (Å²) in [6.45, 7) is 8.44. The van der Waals surface area contributed by atoms with Crippen LogP contribution in [0.1, 0.15) is 36.7 Å².